The van der Waals surface area contributed by atoms with Gasteiger partial charge in [0, 0.05) is 0 Å². The zero-order valence-corrected chi connectivity index (χ0v) is 11.5. The molecular formula is C12H9F6N3O3. The molecule has 0 bridgehead atoms. The summed E-state index contributed by atoms with van der Waals surface area (Å²) in [6.45, 7) is 0. The Morgan fingerprint density at radius 1 is 1.17 bits per heavy atom. The Balaban J connectivity index is 2.73. The van der Waals surface area contributed by atoms with Crippen LogP contribution in [0.2, 0.25) is 0 Å². The number of carbonyl (C=O) groups is 2. The summed E-state index contributed by atoms with van der Waals surface area (Å²) in [6.07, 6.45) is -14.4. The molecule has 6 nitrogen and oxygen atoms in total. The molecule has 0 fully saturated rings. The number of hydrogen-bond acceptors (Lipinski definition) is 4. The fourth-order valence-corrected chi connectivity index (χ4v) is 1.24. The van der Waals surface area contributed by atoms with E-state index in [1.54, 1.807) is 5.43 Å². The Morgan fingerprint density at radius 2 is 1.71 bits per heavy atom. The maximum atomic E-state index is 13.0. The summed E-state index contributed by atoms with van der Waals surface area (Å²) in [5.41, 5.74) is 6.57. The first-order valence-electron chi connectivity index (χ1n) is 5.94. The highest BCUT2D eigenvalue weighted by molar-refractivity contribution is 6.34. The predicted octanol–water partition coefficient (Wildman–Crippen LogP) is 1.49. The van der Waals surface area contributed by atoms with Gasteiger partial charge in [-0.3, -0.25) is 9.59 Å². The number of benzene rings is 1. The van der Waals surface area contributed by atoms with Crippen LogP contribution in [-0.2, 0) is 9.59 Å². The third-order valence-corrected chi connectivity index (χ3v) is 2.32. The number of primary amides is 1. The van der Waals surface area contributed by atoms with Gasteiger partial charge in [-0.25, -0.2) is 9.82 Å². The molecule has 0 saturated carbocycles. The summed E-state index contributed by atoms with van der Waals surface area (Å²) in [6, 6.07) is 3.81. The minimum atomic E-state index is -5.78. The monoisotopic (exact) mass is 357 g/mol. The van der Waals surface area contributed by atoms with Crippen LogP contribution < -0.4 is 15.9 Å². The van der Waals surface area contributed by atoms with E-state index < -0.39 is 36.0 Å². The smallest absolute Gasteiger partial charge is 0.430 e. The van der Waals surface area contributed by atoms with E-state index in [0.717, 1.165) is 30.5 Å². The summed E-state index contributed by atoms with van der Waals surface area (Å²) >= 11 is 0. The second kappa shape index (κ2) is 7.19. The van der Waals surface area contributed by atoms with E-state index in [-0.39, 0.29) is 5.56 Å². The Hall–Kier alpha value is -2.79. The molecule has 1 rings (SSSR count). The third kappa shape index (κ3) is 5.44. The van der Waals surface area contributed by atoms with Crippen molar-refractivity contribution in [1.29, 1.82) is 0 Å². The maximum absolute atomic E-state index is 13.0. The van der Waals surface area contributed by atoms with Gasteiger partial charge in [0.15, 0.2) is 0 Å². The summed E-state index contributed by atoms with van der Waals surface area (Å²) in [4.78, 5) is 21.1. The highest BCUT2D eigenvalue weighted by Gasteiger charge is 2.59. The molecule has 24 heavy (non-hydrogen) atoms. The number of rotatable bonds is 5. The second-order valence-corrected chi connectivity index (χ2v) is 4.20. The lowest BCUT2D eigenvalue weighted by Gasteiger charge is -2.23. The molecule has 0 aromatic heterocycles. The van der Waals surface area contributed by atoms with Crippen molar-refractivity contribution in [2.45, 2.75) is 18.5 Å². The molecule has 3 N–H and O–H groups in total. The van der Waals surface area contributed by atoms with E-state index in [1.165, 1.54) is 0 Å². The van der Waals surface area contributed by atoms with Crippen LogP contribution >= 0.6 is 0 Å². The largest absolute Gasteiger partial charge is 0.439 e. The van der Waals surface area contributed by atoms with Gasteiger partial charge in [-0.15, -0.1) is 0 Å². The highest BCUT2D eigenvalue weighted by Crippen LogP contribution is 2.36. The van der Waals surface area contributed by atoms with Crippen molar-refractivity contribution in [1.82, 2.24) is 5.43 Å². The maximum Gasteiger partial charge on any atom is 0.439 e. The Bertz CT molecular complexity index is 630. The van der Waals surface area contributed by atoms with Gasteiger partial charge < -0.3 is 10.5 Å². The second-order valence-electron chi connectivity index (χ2n) is 4.20. The van der Waals surface area contributed by atoms with E-state index in [0.29, 0.717) is 0 Å². The highest BCUT2D eigenvalue weighted by atomic mass is 19.4. The van der Waals surface area contributed by atoms with Gasteiger partial charge in [0.25, 0.3) is 6.17 Å². The van der Waals surface area contributed by atoms with E-state index in [4.69, 9.17) is 0 Å². The van der Waals surface area contributed by atoms with Crippen molar-refractivity contribution in [2.75, 3.05) is 0 Å². The normalized spacial score (nSPS) is 13.6. The number of carbonyl (C=O) groups excluding carboxylic acids is 2. The van der Waals surface area contributed by atoms with E-state index in [1.807, 2.05) is 0 Å². The number of ether oxygens (including phenoxy) is 1. The average Bonchev–Trinajstić information content (AvgIpc) is 2.46. The molecule has 0 aliphatic carbocycles. The van der Waals surface area contributed by atoms with Crippen molar-refractivity contribution in [3.63, 3.8) is 0 Å². The number of hydrazone groups is 1. The molecule has 0 heterocycles. The van der Waals surface area contributed by atoms with E-state index in [2.05, 4.69) is 15.6 Å². The lowest BCUT2D eigenvalue weighted by molar-refractivity contribution is -0.304. The molecule has 1 atom stereocenters. The Morgan fingerprint density at radius 3 is 2.17 bits per heavy atom. The van der Waals surface area contributed by atoms with Gasteiger partial charge in [-0.2, -0.15) is 27.1 Å². The molecule has 12 heteroatoms. The number of hydrogen-bond donors (Lipinski definition) is 2. The third-order valence-electron chi connectivity index (χ3n) is 2.32. The molecule has 0 aliphatic heterocycles. The summed E-state index contributed by atoms with van der Waals surface area (Å²) < 4.78 is 78.3. The minimum Gasteiger partial charge on any atom is -0.430 e. The lowest BCUT2D eigenvalue weighted by Crippen LogP contribution is -2.45. The molecular weight excluding hydrogens is 348 g/mol. The first-order valence-corrected chi connectivity index (χ1v) is 5.94. The van der Waals surface area contributed by atoms with Crippen LogP contribution in [-0.4, -0.2) is 36.5 Å². The molecule has 2 amide bonds. The fourth-order valence-electron chi connectivity index (χ4n) is 1.24. The van der Waals surface area contributed by atoms with Crippen molar-refractivity contribution in [2.24, 2.45) is 10.8 Å². The van der Waals surface area contributed by atoms with Crippen molar-refractivity contribution in [3.05, 3.63) is 29.8 Å². The van der Waals surface area contributed by atoms with Gasteiger partial charge in [0.05, 0.1) is 6.21 Å². The average molecular weight is 357 g/mol. The van der Waals surface area contributed by atoms with Gasteiger partial charge in [0.1, 0.15) is 5.75 Å². The number of halogens is 6. The number of amides is 2. The topological polar surface area (TPSA) is 93.8 Å². The quantitative estimate of drug-likeness (QED) is 0.362. The van der Waals surface area contributed by atoms with E-state index >= 15 is 0 Å². The van der Waals surface area contributed by atoms with Crippen molar-refractivity contribution < 1.29 is 40.7 Å². The van der Waals surface area contributed by atoms with E-state index in [9.17, 15) is 35.9 Å². The molecule has 0 saturated heterocycles. The van der Waals surface area contributed by atoms with Crippen LogP contribution in [0, 0.1) is 0 Å². The van der Waals surface area contributed by atoms with Crippen LogP contribution in [0.5, 0.6) is 5.75 Å². The van der Waals surface area contributed by atoms with Crippen molar-refractivity contribution in [3.8, 4) is 5.75 Å². The molecule has 0 aliphatic rings. The SMILES string of the molecule is NC(=O)C(=O)N/N=C\c1ccc(OC(F)(F)[C@H](F)C(F)(F)F)cc1. The predicted molar refractivity (Wildman–Crippen MR) is 67.9 cm³/mol. The molecule has 0 spiro atoms. The molecule has 1 aromatic carbocycles. The van der Waals surface area contributed by atoms with Crippen LogP contribution in [0.3, 0.4) is 0 Å². The lowest BCUT2D eigenvalue weighted by atomic mass is 10.2. The van der Waals surface area contributed by atoms with Gasteiger partial charge >= 0.3 is 24.1 Å². The Kier molecular flexibility index (Phi) is 5.77. The molecule has 0 radical (unpaired) electrons. The van der Waals surface area contributed by atoms with Crippen molar-refractivity contribution >= 4 is 18.0 Å². The van der Waals surface area contributed by atoms with Crippen LogP contribution in [0.25, 0.3) is 0 Å². The zero-order valence-electron chi connectivity index (χ0n) is 11.5. The first kappa shape index (κ1) is 19.3. The fraction of sp³-hybridized carbons (Fsp3) is 0.250. The van der Waals surface area contributed by atoms with Crippen LogP contribution in [0.15, 0.2) is 29.4 Å². The zero-order chi connectivity index (χ0) is 18.5. The van der Waals surface area contributed by atoms with Crippen LogP contribution in [0.1, 0.15) is 5.56 Å². The number of alkyl halides is 6. The number of nitrogens with two attached hydrogens (primary N) is 1. The molecule has 132 valence electrons. The minimum absolute atomic E-state index is 0.197. The molecule has 0 unspecified atom stereocenters. The van der Waals surface area contributed by atoms with Crippen LogP contribution in [0.4, 0.5) is 26.3 Å². The summed E-state index contributed by atoms with van der Waals surface area (Å²) in [5, 5.41) is 3.30. The summed E-state index contributed by atoms with van der Waals surface area (Å²) in [7, 11) is 0. The van der Waals surface area contributed by atoms with Gasteiger partial charge in [-0.1, -0.05) is 0 Å². The van der Waals surface area contributed by atoms with Gasteiger partial charge in [-0.05, 0) is 29.8 Å². The summed E-state index contributed by atoms with van der Waals surface area (Å²) in [5.74, 6) is -3.22. The first-order chi connectivity index (χ1) is 10.9. The standard InChI is InChI=1S/C12H9F6N3O3/c13-10(11(14,15)16)12(17,18)24-7-3-1-6(2-4-7)5-20-21-9(23)8(19)22/h1-5,10H,(H2,19,22)(H,21,23)/b20-5-/t10-/m1/s1. The Labute approximate surface area is 130 Å². The number of nitrogens with one attached hydrogen (secondary N) is 1. The van der Waals surface area contributed by atoms with Gasteiger partial charge in [0.2, 0.25) is 0 Å². The molecule has 1 aromatic rings. The number of nitrogens with zero attached hydrogens (tertiary/aromatic N) is 1.